The molecule has 1 unspecified atom stereocenters. The van der Waals surface area contributed by atoms with Gasteiger partial charge < -0.3 is 15.2 Å². The van der Waals surface area contributed by atoms with Crippen LogP contribution in [0.2, 0.25) is 0 Å². The van der Waals surface area contributed by atoms with Crippen LogP contribution in [0.1, 0.15) is 11.6 Å². The van der Waals surface area contributed by atoms with Crippen molar-refractivity contribution in [3.63, 3.8) is 0 Å². The van der Waals surface area contributed by atoms with Gasteiger partial charge in [0.05, 0.1) is 6.04 Å². The zero-order valence-electron chi connectivity index (χ0n) is 9.19. The van der Waals surface area contributed by atoms with E-state index in [0.717, 1.165) is 17.1 Å². The highest BCUT2D eigenvalue weighted by Gasteiger charge is 2.23. The predicted molar refractivity (Wildman–Crippen MR) is 60.7 cm³/mol. The lowest BCUT2D eigenvalue weighted by Crippen LogP contribution is -2.43. The molecule has 0 amide bonds. The zero-order chi connectivity index (χ0) is 11.7. The van der Waals surface area contributed by atoms with Crippen LogP contribution in [0.3, 0.4) is 0 Å². The number of hydrazine groups is 3. The van der Waals surface area contributed by atoms with Crippen molar-refractivity contribution >= 4 is 0 Å². The number of fused-ring (bicyclic) bond motifs is 1. The number of nitrogens with two attached hydrogens (primary N) is 1. The van der Waals surface area contributed by atoms with Crippen molar-refractivity contribution in [1.29, 1.82) is 0 Å². The van der Waals surface area contributed by atoms with E-state index in [9.17, 15) is 0 Å². The summed E-state index contributed by atoms with van der Waals surface area (Å²) in [7, 11) is 0. The molecule has 1 saturated heterocycles. The number of rotatable bonds is 2. The lowest BCUT2D eigenvalue weighted by molar-refractivity contribution is 0.171. The molecule has 0 bridgehead atoms. The fourth-order valence-electron chi connectivity index (χ4n) is 1.90. The molecule has 1 aromatic rings. The standard InChI is InChI=1S/C10H15N5O2/c11-9(10-12-14-15-13-10)6-1-2-7-8(5-6)17-4-3-16-7/h1-2,5,9-10,12-15H,3-4,11H2. The smallest absolute Gasteiger partial charge is 0.161 e. The third-order valence-electron chi connectivity index (χ3n) is 2.83. The maximum absolute atomic E-state index is 6.13. The number of benzene rings is 1. The molecule has 1 fully saturated rings. The summed E-state index contributed by atoms with van der Waals surface area (Å²) in [4.78, 5) is 0. The van der Waals surface area contributed by atoms with Crippen molar-refractivity contribution in [1.82, 2.24) is 21.9 Å². The Balaban J connectivity index is 1.82. The van der Waals surface area contributed by atoms with Crippen molar-refractivity contribution < 1.29 is 9.47 Å². The lowest BCUT2D eigenvalue weighted by atomic mass is 10.0. The van der Waals surface area contributed by atoms with Crippen LogP contribution in [0.5, 0.6) is 11.5 Å². The summed E-state index contributed by atoms with van der Waals surface area (Å²) in [5.74, 6) is 1.53. The molecule has 3 rings (SSSR count). The van der Waals surface area contributed by atoms with Crippen molar-refractivity contribution in [2.75, 3.05) is 13.2 Å². The fraction of sp³-hybridized carbons (Fsp3) is 0.400. The van der Waals surface area contributed by atoms with Crippen LogP contribution in [-0.4, -0.2) is 19.4 Å². The summed E-state index contributed by atoms with van der Waals surface area (Å²) >= 11 is 0. The van der Waals surface area contributed by atoms with Crippen molar-refractivity contribution in [2.24, 2.45) is 5.73 Å². The quantitative estimate of drug-likeness (QED) is 0.446. The number of hydrogen-bond donors (Lipinski definition) is 5. The van der Waals surface area contributed by atoms with Crippen LogP contribution < -0.4 is 37.1 Å². The van der Waals surface area contributed by atoms with E-state index in [1.165, 1.54) is 0 Å². The maximum Gasteiger partial charge on any atom is 0.161 e. The average molecular weight is 237 g/mol. The van der Waals surface area contributed by atoms with E-state index in [1.807, 2.05) is 18.2 Å². The second kappa shape index (κ2) is 4.47. The molecule has 1 atom stereocenters. The van der Waals surface area contributed by atoms with Gasteiger partial charge in [0, 0.05) is 0 Å². The first kappa shape index (κ1) is 10.8. The van der Waals surface area contributed by atoms with Gasteiger partial charge in [-0.2, -0.15) is 11.1 Å². The summed E-state index contributed by atoms with van der Waals surface area (Å²) < 4.78 is 11.0. The van der Waals surface area contributed by atoms with Gasteiger partial charge in [-0.1, -0.05) is 6.07 Å². The van der Waals surface area contributed by atoms with Gasteiger partial charge in [-0.3, -0.25) is 0 Å². The van der Waals surface area contributed by atoms with Gasteiger partial charge >= 0.3 is 0 Å². The number of ether oxygens (including phenoxy) is 2. The van der Waals surface area contributed by atoms with E-state index in [0.29, 0.717) is 13.2 Å². The van der Waals surface area contributed by atoms with E-state index in [2.05, 4.69) is 21.9 Å². The SMILES string of the molecule is NC(c1ccc2c(c1)OCCO2)C1NNNN1. The van der Waals surface area contributed by atoms with Gasteiger partial charge in [-0.05, 0) is 17.7 Å². The molecule has 0 radical (unpaired) electrons. The molecule has 2 aliphatic rings. The number of hydrogen-bond acceptors (Lipinski definition) is 7. The van der Waals surface area contributed by atoms with E-state index >= 15 is 0 Å². The first-order chi connectivity index (χ1) is 8.34. The Morgan fingerprint density at radius 3 is 2.59 bits per heavy atom. The topological polar surface area (TPSA) is 92.6 Å². The minimum atomic E-state index is -0.201. The monoisotopic (exact) mass is 237 g/mol. The van der Waals surface area contributed by atoms with Crippen LogP contribution in [0, 0.1) is 0 Å². The van der Waals surface area contributed by atoms with E-state index in [1.54, 1.807) is 0 Å². The van der Waals surface area contributed by atoms with Gasteiger partial charge in [0.1, 0.15) is 19.4 Å². The van der Waals surface area contributed by atoms with E-state index in [4.69, 9.17) is 15.2 Å². The molecule has 0 aromatic heterocycles. The Hall–Kier alpha value is -1.38. The highest BCUT2D eigenvalue weighted by atomic mass is 16.6. The third-order valence-corrected chi connectivity index (χ3v) is 2.83. The summed E-state index contributed by atoms with van der Waals surface area (Å²) in [6.45, 7) is 1.17. The first-order valence-corrected chi connectivity index (χ1v) is 5.51. The third kappa shape index (κ3) is 2.06. The molecule has 1 aromatic carbocycles. The van der Waals surface area contributed by atoms with E-state index < -0.39 is 0 Å². The van der Waals surface area contributed by atoms with Crippen LogP contribution in [-0.2, 0) is 0 Å². The van der Waals surface area contributed by atoms with Crippen LogP contribution in [0.15, 0.2) is 18.2 Å². The average Bonchev–Trinajstić information content (AvgIpc) is 2.91. The Bertz CT molecular complexity index is 408. The molecule has 0 aliphatic carbocycles. The highest BCUT2D eigenvalue weighted by molar-refractivity contribution is 5.44. The molecule has 0 saturated carbocycles. The van der Waals surface area contributed by atoms with Gasteiger partial charge in [-0.25, -0.2) is 10.9 Å². The minimum absolute atomic E-state index is 0.0856. The molecule has 6 N–H and O–H groups in total. The molecule has 2 aliphatic heterocycles. The molecular formula is C10H15N5O2. The Morgan fingerprint density at radius 2 is 1.82 bits per heavy atom. The molecule has 2 heterocycles. The molecule has 0 spiro atoms. The van der Waals surface area contributed by atoms with Gasteiger partial charge in [0.15, 0.2) is 11.5 Å². The minimum Gasteiger partial charge on any atom is -0.486 e. The Morgan fingerprint density at radius 1 is 1.12 bits per heavy atom. The molecule has 17 heavy (non-hydrogen) atoms. The second-order valence-electron chi connectivity index (χ2n) is 3.95. The van der Waals surface area contributed by atoms with Gasteiger partial charge in [0.25, 0.3) is 0 Å². The lowest BCUT2D eigenvalue weighted by Gasteiger charge is -2.22. The predicted octanol–water partition coefficient (Wildman–Crippen LogP) is -1.10. The van der Waals surface area contributed by atoms with Crippen LogP contribution in [0.25, 0.3) is 0 Å². The maximum atomic E-state index is 6.13. The summed E-state index contributed by atoms with van der Waals surface area (Å²) in [6.07, 6.45) is -0.0856. The van der Waals surface area contributed by atoms with Crippen LogP contribution in [0.4, 0.5) is 0 Å². The fourth-order valence-corrected chi connectivity index (χ4v) is 1.90. The van der Waals surface area contributed by atoms with Crippen molar-refractivity contribution in [3.05, 3.63) is 23.8 Å². The Labute approximate surface area is 98.6 Å². The summed E-state index contributed by atoms with van der Waals surface area (Å²) in [5.41, 5.74) is 18.5. The van der Waals surface area contributed by atoms with Gasteiger partial charge in [-0.15, -0.1) is 0 Å². The normalized spacial score (nSPS) is 21.5. The second-order valence-corrected chi connectivity index (χ2v) is 3.95. The summed E-state index contributed by atoms with van der Waals surface area (Å²) in [5, 5.41) is 0. The van der Waals surface area contributed by atoms with E-state index in [-0.39, 0.29) is 12.2 Å². The van der Waals surface area contributed by atoms with Crippen molar-refractivity contribution in [2.45, 2.75) is 12.2 Å². The first-order valence-electron chi connectivity index (χ1n) is 5.51. The number of nitrogens with one attached hydrogen (secondary N) is 4. The highest BCUT2D eigenvalue weighted by Crippen LogP contribution is 2.32. The van der Waals surface area contributed by atoms with Crippen molar-refractivity contribution in [3.8, 4) is 11.5 Å². The largest absolute Gasteiger partial charge is 0.486 e. The van der Waals surface area contributed by atoms with Gasteiger partial charge in [0.2, 0.25) is 0 Å². The Kier molecular flexibility index (Phi) is 2.83. The zero-order valence-corrected chi connectivity index (χ0v) is 9.19. The van der Waals surface area contributed by atoms with Crippen LogP contribution >= 0.6 is 0 Å². The molecule has 92 valence electrons. The summed E-state index contributed by atoms with van der Waals surface area (Å²) in [6, 6.07) is 5.55. The molecule has 7 heteroatoms. The molecular weight excluding hydrogens is 222 g/mol. The molecule has 7 nitrogen and oxygen atoms in total.